The quantitative estimate of drug-likeness (QED) is 0.279. The summed E-state index contributed by atoms with van der Waals surface area (Å²) in [5.74, 6) is -0.323. The van der Waals surface area contributed by atoms with Crippen molar-refractivity contribution >= 4 is 46.3 Å². The molecule has 5 heterocycles. The average molecular weight is 620 g/mol. The maximum Gasteiger partial charge on any atom is 0.247 e. The number of hydrogen-bond donors (Lipinski definition) is 1. The lowest BCUT2D eigenvalue weighted by atomic mass is 9.93. The summed E-state index contributed by atoms with van der Waals surface area (Å²) in [4.78, 5) is 33.6. The predicted molar refractivity (Wildman–Crippen MR) is 166 cm³/mol. The number of benzene rings is 1. The van der Waals surface area contributed by atoms with Crippen molar-refractivity contribution in [2.24, 2.45) is 5.92 Å². The minimum Gasteiger partial charge on any atom is -0.330 e. The van der Waals surface area contributed by atoms with Crippen molar-refractivity contribution in [3.05, 3.63) is 76.4 Å². The lowest BCUT2D eigenvalue weighted by Crippen LogP contribution is -2.38. The van der Waals surface area contributed by atoms with Gasteiger partial charge in [0.2, 0.25) is 11.8 Å². The van der Waals surface area contributed by atoms with Gasteiger partial charge in [-0.2, -0.15) is 5.10 Å². The summed E-state index contributed by atoms with van der Waals surface area (Å²) in [6, 6.07) is 9.17. The minimum atomic E-state index is -0.251. The van der Waals surface area contributed by atoms with Crippen LogP contribution in [0.4, 0.5) is 5.69 Å². The molecule has 1 N–H and O–H groups in total. The van der Waals surface area contributed by atoms with Crippen molar-refractivity contribution < 1.29 is 9.59 Å². The maximum atomic E-state index is 13.9. The molecule has 2 amide bonds. The van der Waals surface area contributed by atoms with Gasteiger partial charge in [0.25, 0.3) is 0 Å². The summed E-state index contributed by atoms with van der Waals surface area (Å²) in [5.41, 5.74) is 5.66. The number of pyridine rings is 1. The molecule has 3 aromatic heterocycles. The van der Waals surface area contributed by atoms with Crippen molar-refractivity contribution in [1.29, 1.82) is 0 Å². The molecule has 12 heteroatoms. The molecule has 0 fully saturated rings. The Morgan fingerprint density at radius 3 is 2.74 bits per heavy atom. The molecule has 0 spiro atoms. The van der Waals surface area contributed by atoms with Crippen molar-refractivity contribution in [2.45, 2.75) is 58.5 Å². The molecule has 2 atom stereocenters. The molecule has 0 unspecified atom stereocenters. The average Bonchev–Trinajstić information content (AvgIpc) is 3.61. The molecule has 2 bridgehead atoms. The molecule has 2 aliphatic rings. The highest BCUT2D eigenvalue weighted by Gasteiger charge is 2.31. The number of anilines is 1. The fraction of sp³-hybridized carbons (Fsp3) is 0.355. The number of halogens is 2. The van der Waals surface area contributed by atoms with Crippen LogP contribution in [0.1, 0.15) is 63.3 Å². The third-order valence-corrected chi connectivity index (χ3v) is 8.50. The summed E-state index contributed by atoms with van der Waals surface area (Å²) >= 11 is 12.4. The molecular formula is C31H32Cl2N8O2. The van der Waals surface area contributed by atoms with E-state index in [2.05, 4.69) is 27.7 Å². The van der Waals surface area contributed by atoms with Gasteiger partial charge in [0.1, 0.15) is 0 Å². The Morgan fingerprint density at radius 2 is 1.98 bits per heavy atom. The van der Waals surface area contributed by atoms with Crippen LogP contribution in [-0.2, 0) is 16.1 Å². The van der Waals surface area contributed by atoms with Gasteiger partial charge in [-0.15, -0.1) is 5.10 Å². The summed E-state index contributed by atoms with van der Waals surface area (Å²) in [6.07, 6.45) is 10.4. The maximum absolute atomic E-state index is 13.9. The third-order valence-electron chi connectivity index (χ3n) is 8.09. The van der Waals surface area contributed by atoms with E-state index >= 15 is 0 Å². The highest BCUT2D eigenvalue weighted by molar-refractivity contribution is 6.31. The monoisotopic (exact) mass is 618 g/mol. The number of fused-ring (bicyclic) bond motifs is 4. The fourth-order valence-electron chi connectivity index (χ4n) is 5.91. The van der Waals surface area contributed by atoms with Crippen LogP contribution in [0.25, 0.3) is 22.5 Å². The standard InChI is InChI=1S/C31H32Cl2N8O2/c1-3-12-40-30-21-9-11-34-24(14-21)27(6-4-5-19(2)31(43)36-25(30)17-35-40)39-13-10-20(15-29(39)42)23-16-22(32)7-8-26(23)41-18-28(33)37-38-41/h7-9,11,14-19,27H,3-6,10,12-13H2,1-2H3,(H,36,43)/t19-,27+/m1/s1. The first-order chi connectivity index (χ1) is 20.8. The zero-order valence-electron chi connectivity index (χ0n) is 24.0. The zero-order valence-corrected chi connectivity index (χ0v) is 25.5. The first-order valence-electron chi connectivity index (χ1n) is 14.5. The fourth-order valence-corrected chi connectivity index (χ4v) is 6.21. The molecule has 0 radical (unpaired) electrons. The number of rotatable bonds is 5. The summed E-state index contributed by atoms with van der Waals surface area (Å²) in [7, 11) is 0. The van der Waals surface area contributed by atoms with Crippen LogP contribution in [0.3, 0.4) is 0 Å². The Kier molecular flexibility index (Phi) is 8.32. The molecule has 0 saturated carbocycles. The van der Waals surface area contributed by atoms with E-state index in [-0.39, 0.29) is 28.9 Å². The van der Waals surface area contributed by atoms with Gasteiger partial charge in [-0.3, -0.25) is 19.3 Å². The summed E-state index contributed by atoms with van der Waals surface area (Å²) in [6.45, 7) is 5.25. The Balaban J connectivity index is 1.37. The number of nitrogens with zero attached hydrogens (tertiary/aromatic N) is 7. The topological polar surface area (TPSA) is 111 Å². The van der Waals surface area contributed by atoms with Crippen LogP contribution in [-0.4, -0.2) is 53.0 Å². The molecular weight excluding hydrogens is 587 g/mol. The molecule has 10 nitrogen and oxygen atoms in total. The van der Waals surface area contributed by atoms with Gasteiger partial charge >= 0.3 is 0 Å². The van der Waals surface area contributed by atoms with E-state index in [0.717, 1.165) is 46.6 Å². The predicted octanol–water partition coefficient (Wildman–Crippen LogP) is 6.36. The number of carbonyl (C=O) groups excluding carboxylic acids is 2. The van der Waals surface area contributed by atoms with Gasteiger partial charge in [-0.25, -0.2) is 4.68 Å². The van der Waals surface area contributed by atoms with E-state index in [9.17, 15) is 9.59 Å². The summed E-state index contributed by atoms with van der Waals surface area (Å²) < 4.78 is 3.51. The van der Waals surface area contributed by atoms with E-state index in [1.165, 1.54) is 0 Å². The third kappa shape index (κ3) is 5.94. The lowest BCUT2D eigenvalue weighted by Gasteiger charge is -2.34. The van der Waals surface area contributed by atoms with Crippen LogP contribution >= 0.6 is 23.2 Å². The van der Waals surface area contributed by atoms with Crippen molar-refractivity contribution in [3.8, 4) is 16.9 Å². The first kappa shape index (κ1) is 29.1. The molecule has 2 aliphatic heterocycles. The molecule has 222 valence electrons. The number of nitrogens with one attached hydrogen (secondary N) is 1. The second kappa shape index (κ2) is 12.3. The zero-order chi connectivity index (χ0) is 30.1. The van der Waals surface area contributed by atoms with Gasteiger partial charge < -0.3 is 10.2 Å². The van der Waals surface area contributed by atoms with Gasteiger partial charge in [-0.05, 0) is 61.6 Å². The minimum absolute atomic E-state index is 0.0312. The van der Waals surface area contributed by atoms with E-state index in [0.29, 0.717) is 43.1 Å². The van der Waals surface area contributed by atoms with Crippen LogP contribution < -0.4 is 5.32 Å². The van der Waals surface area contributed by atoms with Gasteiger partial charge in [0, 0.05) is 47.4 Å². The number of aryl methyl sites for hydroxylation is 1. The van der Waals surface area contributed by atoms with Crippen LogP contribution in [0.15, 0.2) is 55.0 Å². The molecule has 0 aliphatic carbocycles. The lowest BCUT2D eigenvalue weighted by molar-refractivity contribution is -0.129. The number of carbonyl (C=O) groups is 2. The van der Waals surface area contributed by atoms with Gasteiger partial charge in [0.05, 0.1) is 41.2 Å². The van der Waals surface area contributed by atoms with Gasteiger partial charge in [0.15, 0.2) is 5.15 Å². The Bertz CT molecular complexity index is 1710. The number of amides is 2. The van der Waals surface area contributed by atoms with Crippen LogP contribution in [0.2, 0.25) is 10.2 Å². The SMILES string of the molecule is CCCn1ncc2c1-c1ccnc(c1)[C@@H](N1CCC(c3cc(Cl)ccc3-n3cc(Cl)nn3)=CC1=O)CCC[C@@H](C)C(=O)N2. The van der Waals surface area contributed by atoms with E-state index in [4.69, 9.17) is 28.2 Å². The second-order valence-corrected chi connectivity index (χ2v) is 11.9. The molecule has 1 aromatic carbocycles. The number of aromatic nitrogens is 6. The Morgan fingerprint density at radius 1 is 1.12 bits per heavy atom. The number of hydrogen-bond acceptors (Lipinski definition) is 6. The molecule has 0 saturated heterocycles. The normalized spacial score (nSPS) is 19.3. The highest BCUT2D eigenvalue weighted by Crippen LogP contribution is 2.37. The van der Waals surface area contributed by atoms with Crippen molar-refractivity contribution in [3.63, 3.8) is 0 Å². The molecule has 4 aromatic rings. The highest BCUT2D eigenvalue weighted by atomic mass is 35.5. The van der Waals surface area contributed by atoms with Crippen molar-refractivity contribution in [1.82, 2.24) is 34.7 Å². The van der Waals surface area contributed by atoms with Crippen LogP contribution in [0.5, 0.6) is 0 Å². The first-order valence-corrected chi connectivity index (χ1v) is 15.3. The van der Waals surface area contributed by atoms with Crippen LogP contribution in [0, 0.1) is 5.92 Å². The second-order valence-electron chi connectivity index (χ2n) is 11.0. The largest absolute Gasteiger partial charge is 0.330 e. The van der Waals surface area contributed by atoms with E-state index in [1.807, 2.05) is 40.8 Å². The van der Waals surface area contributed by atoms with Crippen molar-refractivity contribution in [2.75, 3.05) is 11.9 Å². The Labute approximate surface area is 259 Å². The Hall–Kier alpha value is -4.02. The van der Waals surface area contributed by atoms with E-state index < -0.39 is 0 Å². The van der Waals surface area contributed by atoms with E-state index in [1.54, 1.807) is 35.4 Å². The van der Waals surface area contributed by atoms with Gasteiger partial charge in [-0.1, -0.05) is 48.7 Å². The molecule has 43 heavy (non-hydrogen) atoms. The smallest absolute Gasteiger partial charge is 0.247 e. The molecule has 6 rings (SSSR count). The summed E-state index contributed by atoms with van der Waals surface area (Å²) in [5, 5.41) is 16.5.